The molecular weight excluding hydrogens is 324 g/mol. The highest BCUT2D eigenvalue weighted by Gasteiger charge is 2.16. The van der Waals surface area contributed by atoms with Crippen LogP contribution in [0.15, 0.2) is 36.4 Å². The maximum atomic E-state index is 12.4. The van der Waals surface area contributed by atoms with Crippen LogP contribution in [-0.2, 0) is 17.6 Å². The van der Waals surface area contributed by atoms with E-state index < -0.39 is 0 Å². The Labute approximate surface area is 147 Å². The number of fused-ring (bicyclic) bond motifs is 1. The lowest BCUT2D eigenvalue weighted by Crippen LogP contribution is -2.31. The quantitative estimate of drug-likeness (QED) is 0.851. The van der Waals surface area contributed by atoms with Crippen LogP contribution in [0.3, 0.4) is 0 Å². The first-order valence-electron chi connectivity index (χ1n) is 8.09. The molecule has 1 amide bonds. The number of anilines is 2. The Balaban J connectivity index is 1.63. The molecule has 0 aliphatic heterocycles. The summed E-state index contributed by atoms with van der Waals surface area (Å²) in [7, 11) is 1.56. The van der Waals surface area contributed by atoms with Crippen molar-refractivity contribution in [2.75, 3.05) is 17.7 Å². The lowest BCUT2D eigenvalue weighted by molar-refractivity contribution is -0.116. The summed E-state index contributed by atoms with van der Waals surface area (Å²) in [5.41, 5.74) is 4.43. The topological polar surface area (TPSA) is 50.4 Å². The highest BCUT2D eigenvalue weighted by molar-refractivity contribution is 6.32. The van der Waals surface area contributed by atoms with Crippen molar-refractivity contribution in [3.05, 3.63) is 52.5 Å². The minimum atomic E-state index is -0.356. The lowest BCUT2D eigenvalue weighted by Gasteiger charge is -2.16. The van der Waals surface area contributed by atoms with Crippen molar-refractivity contribution in [1.82, 2.24) is 0 Å². The summed E-state index contributed by atoms with van der Waals surface area (Å²) in [6.45, 7) is 1.84. The van der Waals surface area contributed by atoms with Gasteiger partial charge >= 0.3 is 0 Å². The fraction of sp³-hybridized carbons (Fsp3) is 0.316. The molecule has 2 N–H and O–H groups in total. The van der Waals surface area contributed by atoms with Crippen LogP contribution in [0.4, 0.5) is 11.4 Å². The molecule has 0 fully saturated rings. The predicted molar refractivity (Wildman–Crippen MR) is 98.2 cm³/mol. The van der Waals surface area contributed by atoms with E-state index in [-0.39, 0.29) is 11.9 Å². The average Bonchev–Trinajstić information content (AvgIpc) is 3.02. The van der Waals surface area contributed by atoms with E-state index in [1.54, 1.807) is 25.3 Å². The number of hydrogen-bond donors (Lipinski definition) is 2. The molecule has 1 atom stereocenters. The minimum Gasteiger partial charge on any atom is -0.495 e. The van der Waals surface area contributed by atoms with Crippen molar-refractivity contribution < 1.29 is 9.53 Å². The van der Waals surface area contributed by atoms with Crippen molar-refractivity contribution in [3.63, 3.8) is 0 Å². The van der Waals surface area contributed by atoms with Gasteiger partial charge in [0.1, 0.15) is 11.8 Å². The molecule has 2 aromatic carbocycles. The molecule has 5 heteroatoms. The normalized spacial score (nSPS) is 14.0. The molecule has 3 rings (SSSR count). The van der Waals surface area contributed by atoms with E-state index >= 15 is 0 Å². The summed E-state index contributed by atoms with van der Waals surface area (Å²) in [6.07, 6.45) is 3.49. The highest BCUT2D eigenvalue weighted by Crippen LogP contribution is 2.28. The molecule has 1 aliphatic carbocycles. The van der Waals surface area contributed by atoms with Gasteiger partial charge in [-0.3, -0.25) is 4.79 Å². The van der Waals surface area contributed by atoms with E-state index in [9.17, 15) is 4.79 Å². The molecule has 1 unspecified atom stereocenters. The first-order chi connectivity index (χ1) is 11.6. The first-order valence-corrected chi connectivity index (χ1v) is 8.47. The van der Waals surface area contributed by atoms with Crippen molar-refractivity contribution in [2.24, 2.45) is 0 Å². The lowest BCUT2D eigenvalue weighted by atomic mass is 10.1. The molecule has 4 nitrogen and oxygen atoms in total. The molecule has 0 radical (unpaired) electrons. The summed E-state index contributed by atoms with van der Waals surface area (Å²) < 4.78 is 5.11. The molecule has 1 aliphatic rings. The molecule has 0 heterocycles. The summed E-state index contributed by atoms with van der Waals surface area (Å²) in [5.74, 6) is 0.468. The molecule has 0 bridgehead atoms. The molecular formula is C19H21ClN2O2. The number of rotatable bonds is 5. The van der Waals surface area contributed by atoms with Crippen LogP contribution < -0.4 is 15.4 Å². The standard InChI is InChI=1S/C19H21ClN2O2/c1-12(21-15-7-6-13-4-3-5-14(13)10-15)19(23)22-16-8-9-18(24-2)17(20)11-16/h6-12,21H,3-5H2,1-2H3,(H,22,23). The number of benzene rings is 2. The van der Waals surface area contributed by atoms with Gasteiger partial charge in [0.15, 0.2) is 0 Å². The first kappa shape index (κ1) is 16.7. The number of nitrogens with one attached hydrogen (secondary N) is 2. The summed E-state index contributed by atoms with van der Waals surface area (Å²) in [6, 6.07) is 11.2. The van der Waals surface area contributed by atoms with E-state index in [0.29, 0.717) is 16.5 Å². The van der Waals surface area contributed by atoms with Gasteiger partial charge in [0.25, 0.3) is 0 Å². The monoisotopic (exact) mass is 344 g/mol. The Bertz CT molecular complexity index is 761. The van der Waals surface area contributed by atoms with Crippen LogP contribution in [0.2, 0.25) is 5.02 Å². The third-order valence-corrected chi connectivity index (χ3v) is 4.59. The van der Waals surface area contributed by atoms with Crippen LogP contribution in [0.5, 0.6) is 5.75 Å². The highest BCUT2D eigenvalue weighted by atomic mass is 35.5. The molecule has 0 saturated carbocycles. The van der Waals surface area contributed by atoms with E-state index in [0.717, 1.165) is 18.5 Å². The van der Waals surface area contributed by atoms with E-state index in [1.165, 1.54) is 17.5 Å². The van der Waals surface area contributed by atoms with Gasteiger partial charge in [-0.2, -0.15) is 0 Å². The van der Waals surface area contributed by atoms with E-state index in [4.69, 9.17) is 16.3 Å². The molecule has 0 saturated heterocycles. The Morgan fingerprint density at radius 2 is 1.88 bits per heavy atom. The second-order valence-electron chi connectivity index (χ2n) is 6.04. The van der Waals surface area contributed by atoms with E-state index in [1.807, 2.05) is 13.0 Å². The van der Waals surface area contributed by atoms with Gasteiger partial charge in [0, 0.05) is 11.4 Å². The Morgan fingerprint density at radius 1 is 1.12 bits per heavy atom. The molecule has 126 valence electrons. The third kappa shape index (κ3) is 3.65. The van der Waals surface area contributed by atoms with Gasteiger partial charge in [-0.25, -0.2) is 0 Å². The van der Waals surface area contributed by atoms with Crippen LogP contribution in [0.1, 0.15) is 24.5 Å². The number of hydrogen-bond acceptors (Lipinski definition) is 3. The smallest absolute Gasteiger partial charge is 0.246 e. The Hall–Kier alpha value is -2.20. The van der Waals surface area contributed by atoms with Crippen molar-refractivity contribution in [1.29, 1.82) is 0 Å². The van der Waals surface area contributed by atoms with Crippen molar-refractivity contribution in [2.45, 2.75) is 32.2 Å². The van der Waals surface area contributed by atoms with Gasteiger partial charge in [0.2, 0.25) is 5.91 Å². The van der Waals surface area contributed by atoms with Crippen molar-refractivity contribution in [3.8, 4) is 5.75 Å². The average molecular weight is 345 g/mol. The number of amides is 1. The van der Waals surface area contributed by atoms with Crippen LogP contribution in [0, 0.1) is 0 Å². The molecule has 24 heavy (non-hydrogen) atoms. The molecule has 2 aromatic rings. The third-order valence-electron chi connectivity index (χ3n) is 4.29. The number of methoxy groups -OCH3 is 1. The summed E-state index contributed by atoms with van der Waals surface area (Å²) in [4.78, 5) is 12.4. The van der Waals surface area contributed by atoms with Gasteiger partial charge in [-0.15, -0.1) is 0 Å². The fourth-order valence-electron chi connectivity index (χ4n) is 2.97. The fourth-order valence-corrected chi connectivity index (χ4v) is 3.23. The summed E-state index contributed by atoms with van der Waals surface area (Å²) >= 11 is 6.08. The van der Waals surface area contributed by atoms with Crippen molar-refractivity contribution >= 4 is 28.9 Å². The van der Waals surface area contributed by atoms with Gasteiger partial charge < -0.3 is 15.4 Å². The summed E-state index contributed by atoms with van der Waals surface area (Å²) in [5, 5.41) is 6.59. The Kier molecular flexibility index (Phi) is 4.95. The molecule has 0 aromatic heterocycles. The maximum absolute atomic E-state index is 12.4. The van der Waals surface area contributed by atoms with Gasteiger partial charge in [0.05, 0.1) is 12.1 Å². The maximum Gasteiger partial charge on any atom is 0.246 e. The van der Waals surface area contributed by atoms with Crippen LogP contribution in [0.25, 0.3) is 0 Å². The number of ether oxygens (including phenoxy) is 1. The Morgan fingerprint density at radius 3 is 2.62 bits per heavy atom. The zero-order valence-electron chi connectivity index (χ0n) is 13.9. The zero-order chi connectivity index (χ0) is 17.1. The van der Waals surface area contributed by atoms with Crippen LogP contribution >= 0.6 is 11.6 Å². The van der Waals surface area contributed by atoms with E-state index in [2.05, 4.69) is 22.8 Å². The number of carbonyl (C=O) groups excluding carboxylic acids is 1. The largest absolute Gasteiger partial charge is 0.495 e. The minimum absolute atomic E-state index is 0.114. The van der Waals surface area contributed by atoms with Gasteiger partial charge in [-0.1, -0.05) is 17.7 Å². The number of carbonyl (C=O) groups is 1. The molecule has 0 spiro atoms. The second-order valence-corrected chi connectivity index (χ2v) is 6.45. The van der Waals surface area contributed by atoms with Gasteiger partial charge in [-0.05, 0) is 67.6 Å². The zero-order valence-corrected chi connectivity index (χ0v) is 14.6. The second kappa shape index (κ2) is 7.14. The number of halogens is 1. The van der Waals surface area contributed by atoms with Crippen LogP contribution in [-0.4, -0.2) is 19.1 Å². The predicted octanol–water partition coefficient (Wildman–Crippen LogP) is 4.28. The number of aryl methyl sites for hydroxylation is 2. The SMILES string of the molecule is COc1ccc(NC(=O)C(C)Nc2ccc3c(c2)CCC3)cc1Cl.